The number of hydrogen-bond donors (Lipinski definition) is 3. The molecule has 3 heterocycles. The summed E-state index contributed by atoms with van der Waals surface area (Å²) in [5, 5.41) is 3.03. The van der Waals surface area contributed by atoms with Crippen LogP contribution in [0.15, 0.2) is 49.1 Å². The molecular formula is C19H19N7. The average Bonchev–Trinajstić information content (AvgIpc) is 2.69. The van der Waals surface area contributed by atoms with E-state index in [9.17, 15) is 0 Å². The van der Waals surface area contributed by atoms with Crippen LogP contribution in [0.4, 0.5) is 11.6 Å². The van der Waals surface area contributed by atoms with E-state index in [2.05, 4.69) is 25.3 Å². The zero-order valence-electron chi connectivity index (χ0n) is 14.3. The van der Waals surface area contributed by atoms with Gasteiger partial charge in [-0.2, -0.15) is 0 Å². The summed E-state index contributed by atoms with van der Waals surface area (Å²) in [6.45, 7) is 0. The maximum absolute atomic E-state index is 6.91. The van der Waals surface area contributed by atoms with Crippen LogP contribution in [-0.2, 0) is 5.54 Å². The molecule has 0 spiro atoms. The zero-order valence-corrected chi connectivity index (χ0v) is 14.3. The molecule has 3 aromatic rings. The molecule has 1 atom stereocenters. The van der Waals surface area contributed by atoms with E-state index >= 15 is 0 Å². The first-order valence-corrected chi connectivity index (χ1v) is 8.29. The topological polar surface area (TPSA) is 116 Å². The van der Waals surface area contributed by atoms with Crippen molar-refractivity contribution >= 4 is 17.7 Å². The lowest BCUT2D eigenvalue weighted by Crippen LogP contribution is -2.41. The molecule has 1 unspecified atom stereocenters. The molecule has 0 radical (unpaired) electrons. The highest BCUT2D eigenvalue weighted by atomic mass is 15.0. The quantitative estimate of drug-likeness (QED) is 0.666. The highest BCUT2D eigenvalue weighted by Gasteiger charge is 2.37. The number of aromatic nitrogens is 4. The Kier molecular flexibility index (Phi) is 3.85. The van der Waals surface area contributed by atoms with Crippen molar-refractivity contribution in [3.8, 4) is 11.3 Å². The van der Waals surface area contributed by atoms with E-state index in [0.29, 0.717) is 12.2 Å². The Bertz CT molecular complexity index is 999. The van der Waals surface area contributed by atoms with Gasteiger partial charge in [-0.1, -0.05) is 12.2 Å². The van der Waals surface area contributed by atoms with E-state index in [1.165, 1.54) is 6.33 Å². The first-order chi connectivity index (χ1) is 12.6. The SMILES string of the molecule is CNc1cc(-c2cccnc2C2(N)CC=Cc3c2ccnc3N)ncn1. The molecule has 0 saturated heterocycles. The number of nitrogens with two attached hydrogens (primary N) is 2. The molecule has 26 heavy (non-hydrogen) atoms. The largest absolute Gasteiger partial charge is 0.383 e. The number of anilines is 2. The van der Waals surface area contributed by atoms with Crippen LogP contribution in [0, 0.1) is 0 Å². The number of fused-ring (bicyclic) bond motifs is 1. The van der Waals surface area contributed by atoms with E-state index in [1.54, 1.807) is 12.4 Å². The Morgan fingerprint density at radius 1 is 1.12 bits per heavy atom. The van der Waals surface area contributed by atoms with Crippen LogP contribution in [0.25, 0.3) is 17.3 Å². The lowest BCUT2D eigenvalue weighted by molar-refractivity contribution is 0.525. The second-order valence-corrected chi connectivity index (χ2v) is 6.17. The third kappa shape index (κ3) is 2.49. The minimum absolute atomic E-state index is 0.463. The fraction of sp³-hybridized carbons (Fsp3) is 0.158. The summed E-state index contributed by atoms with van der Waals surface area (Å²) in [5.41, 5.74) is 16.3. The highest BCUT2D eigenvalue weighted by molar-refractivity contribution is 5.73. The van der Waals surface area contributed by atoms with Gasteiger partial charge >= 0.3 is 0 Å². The Hall–Kier alpha value is -3.32. The monoisotopic (exact) mass is 345 g/mol. The number of nitrogen functional groups attached to an aromatic ring is 1. The summed E-state index contributed by atoms with van der Waals surface area (Å²) in [6, 6.07) is 7.64. The normalized spacial score (nSPS) is 18.4. The standard InChI is InChI=1S/C19H19N7/c1-22-16-10-15(25-11-26-16)13-5-3-8-23-17(13)19(21)7-2-4-12-14(19)6-9-24-18(12)20/h2-6,8-11H,7,21H2,1H3,(H2,20,24)(H,22,25,26). The number of rotatable bonds is 3. The minimum Gasteiger partial charge on any atom is -0.383 e. The molecule has 5 N–H and O–H groups in total. The van der Waals surface area contributed by atoms with E-state index in [-0.39, 0.29) is 0 Å². The molecule has 130 valence electrons. The molecule has 0 aromatic carbocycles. The highest BCUT2D eigenvalue weighted by Crippen LogP contribution is 2.41. The third-order valence-electron chi connectivity index (χ3n) is 4.66. The summed E-state index contributed by atoms with van der Waals surface area (Å²) in [7, 11) is 1.82. The molecule has 4 rings (SSSR count). The predicted octanol–water partition coefficient (Wildman–Crippen LogP) is 2.18. The summed E-state index contributed by atoms with van der Waals surface area (Å²) < 4.78 is 0. The van der Waals surface area contributed by atoms with Crippen molar-refractivity contribution < 1.29 is 0 Å². The molecule has 7 heteroatoms. The van der Waals surface area contributed by atoms with E-state index < -0.39 is 5.54 Å². The van der Waals surface area contributed by atoms with Crippen molar-refractivity contribution in [1.82, 2.24) is 19.9 Å². The number of nitrogens with one attached hydrogen (secondary N) is 1. The Balaban J connectivity index is 1.93. The molecule has 1 aliphatic rings. The maximum Gasteiger partial charge on any atom is 0.130 e. The van der Waals surface area contributed by atoms with Gasteiger partial charge in [0, 0.05) is 36.6 Å². The Morgan fingerprint density at radius 2 is 2.00 bits per heavy atom. The molecule has 0 saturated carbocycles. The van der Waals surface area contributed by atoms with Gasteiger partial charge in [0.2, 0.25) is 0 Å². The molecule has 7 nitrogen and oxygen atoms in total. The van der Waals surface area contributed by atoms with Gasteiger partial charge in [-0.15, -0.1) is 0 Å². The van der Waals surface area contributed by atoms with Crippen LogP contribution >= 0.6 is 0 Å². The summed E-state index contributed by atoms with van der Waals surface area (Å²) in [6.07, 6.45) is 9.54. The molecule has 0 bridgehead atoms. The second kappa shape index (κ2) is 6.20. The van der Waals surface area contributed by atoms with Crippen molar-refractivity contribution in [3.05, 3.63) is 65.9 Å². The van der Waals surface area contributed by atoms with Gasteiger partial charge in [-0.25, -0.2) is 15.0 Å². The van der Waals surface area contributed by atoms with Gasteiger partial charge in [-0.05, 0) is 30.2 Å². The van der Waals surface area contributed by atoms with E-state index in [0.717, 1.165) is 33.9 Å². The lowest BCUT2D eigenvalue weighted by atomic mass is 9.77. The number of nitrogens with zero attached hydrogens (tertiary/aromatic N) is 4. The van der Waals surface area contributed by atoms with Crippen LogP contribution in [0.3, 0.4) is 0 Å². The summed E-state index contributed by atoms with van der Waals surface area (Å²) in [5.74, 6) is 1.19. The third-order valence-corrected chi connectivity index (χ3v) is 4.66. The van der Waals surface area contributed by atoms with Crippen LogP contribution in [-0.4, -0.2) is 27.0 Å². The van der Waals surface area contributed by atoms with Crippen molar-refractivity contribution in [2.24, 2.45) is 5.73 Å². The Labute approximate surface area is 151 Å². The first kappa shape index (κ1) is 16.2. The van der Waals surface area contributed by atoms with Crippen LogP contribution in [0.5, 0.6) is 0 Å². The van der Waals surface area contributed by atoms with Gasteiger partial charge < -0.3 is 16.8 Å². The van der Waals surface area contributed by atoms with E-state index in [4.69, 9.17) is 11.5 Å². The minimum atomic E-state index is -0.817. The maximum atomic E-state index is 6.91. The van der Waals surface area contributed by atoms with Crippen molar-refractivity contribution in [2.75, 3.05) is 18.1 Å². The molecular weight excluding hydrogens is 326 g/mol. The van der Waals surface area contributed by atoms with Gasteiger partial charge in [0.05, 0.1) is 16.9 Å². The van der Waals surface area contributed by atoms with E-state index in [1.807, 2.05) is 43.5 Å². The van der Waals surface area contributed by atoms with Gasteiger partial charge in [0.15, 0.2) is 0 Å². The average molecular weight is 345 g/mol. The van der Waals surface area contributed by atoms with Crippen LogP contribution < -0.4 is 16.8 Å². The summed E-state index contributed by atoms with van der Waals surface area (Å²) >= 11 is 0. The van der Waals surface area contributed by atoms with Crippen molar-refractivity contribution in [2.45, 2.75) is 12.0 Å². The summed E-state index contributed by atoms with van der Waals surface area (Å²) in [4.78, 5) is 17.4. The Morgan fingerprint density at radius 3 is 2.85 bits per heavy atom. The second-order valence-electron chi connectivity index (χ2n) is 6.17. The predicted molar refractivity (Wildman–Crippen MR) is 102 cm³/mol. The zero-order chi connectivity index (χ0) is 18.1. The van der Waals surface area contributed by atoms with Crippen molar-refractivity contribution in [3.63, 3.8) is 0 Å². The van der Waals surface area contributed by atoms with Crippen LogP contribution in [0.1, 0.15) is 23.2 Å². The molecule has 3 aromatic heterocycles. The van der Waals surface area contributed by atoms with Gasteiger partial charge in [0.25, 0.3) is 0 Å². The fourth-order valence-corrected chi connectivity index (χ4v) is 3.36. The van der Waals surface area contributed by atoms with Gasteiger partial charge in [0.1, 0.15) is 18.0 Å². The lowest BCUT2D eigenvalue weighted by Gasteiger charge is -2.34. The number of hydrogen-bond acceptors (Lipinski definition) is 7. The molecule has 1 aliphatic carbocycles. The smallest absolute Gasteiger partial charge is 0.130 e. The van der Waals surface area contributed by atoms with Crippen molar-refractivity contribution in [1.29, 1.82) is 0 Å². The fourth-order valence-electron chi connectivity index (χ4n) is 3.36. The first-order valence-electron chi connectivity index (χ1n) is 8.29. The van der Waals surface area contributed by atoms with Gasteiger partial charge in [-0.3, -0.25) is 4.98 Å². The molecule has 0 amide bonds. The molecule has 0 fully saturated rings. The number of pyridine rings is 2. The molecule has 0 aliphatic heterocycles. The van der Waals surface area contributed by atoms with Crippen LogP contribution in [0.2, 0.25) is 0 Å².